The molecule has 1 atom stereocenters. The summed E-state index contributed by atoms with van der Waals surface area (Å²) in [6, 6.07) is 9.40. The molecule has 1 unspecified atom stereocenters. The molecule has 2 aromatic rings. The number of likely N-dealkylation sites (N-methyl/N-ethyl adjacent to an activating group) is 1. The number of carbonyl (C=O) groups excluding carboxylic acids is 2. The van der Waals surface area contributed by atoms with E-state index in [1.165, 1.54) is 23.1 Å². The molecule has 1 aromatic carbocycles. The van der Waals surface area contributed by atoms with Crippen LogP contribution in [0.5, 0.6) is 0 Å². The fourth-order valence-electron chi connectivity index (χ4n) is 4.49. The fraction of sp³-hybridized carbons (Fsp3) is 0.500. The summed E-state index contributed by atoms with van der Waals surface area (Å²) < 4.78 is 56.8. The number of nitrogens with zero attached hydrogens (tertiary/aromatic N) is 4. The Bertz CT molecular complexity index is 1140. The number of aliphatic hydroxyl groups is 1. The second kappa shape index (κ2) is 11.4. The Hall–Kier alpha value is -2.92. The molecule has 1 aliphatic rings. The third-order valence-corrected chi connectivity index (χ3v) is 7.12. The van der Waals surface area contributed by atoms with Crippen LogP contribution in [0.3, 0.4) is 0 Å². The maximum Gasteiger partial charge on any atom is 0.430 e. The van der Waals surface area contributed by atoms with Crippen molar-refractivity contribution in [3.05, 3.63) is 58.7 Å². The zero-order chi connectivity index (χ0) is 28.3. The molecule has 0 bridgehead atoms. The third-order valence-electron chi connectivity index (χ3n) is 6.83. The van der Waals surface area contributed by atoms with Crippen molar-refractivity contribution in [2.45, 2.75) is 43.1 Å². The highest BCUT2D eigenvalue weighted by Gasteiger charge is 2.61. The monoisotopic (exact) mass is 558 g/mol. The van der Waals surface area contributed by atoms with Gasteiger partial charge in [-0.1, -0.05) is 41.9 Å². The molecule has 0 aliphatic carbocycles. The second-order valence-electron chi connectivity index (χ2n) is 9.75. The van der Waals surface area contributed by atoms with Crippen molar-refractivity contribution >= 4 is 29.2 Å². The van der Waals surface area contributed by atoms with Crippen LogP contribution >= 0.6 is 11.6 Å². The highest BCUT2D eigenvalue weighted by atomic mass is 35.5. The van der Waals surface area contributed by atoms with Gasteiger partial charge in [-0.3, -0.25) is 9.59 Å². The fourth-order valence-corrected chi connectivity index (χ4v) is 4.72. The maximum absolute atomic E-state index is 15.5. The van der Waals surface area contributed by atoms with E-state index >= 15 is 4.39 Å². The van der Waals surface area contributed by atoms with Gasteiger partial charge in [0.25, 0.3) is 17.4 Å². The van der Waals surface area contributed by atoms with E-state index in [2.05, 4.69) is 4.98 Å². The Kier molecular flexibility index (Phi) is 8.93. The van der Waals surface area contributed by atoms with Crippen molar-refractivity contribution in [3.8, 4) is 0 Å². The number of hydrogen-bond acceptors (Lipinski definition) is 5. The maximum atomic E-state index is 15.5. The minimum atomic E-state index is -5.23. The Labute approximate surface area is 224 Å². The van der Waals surface area contributed by atoms with E-state index in [-0.39, 0.29) is 48.9 Å². The zero-order valence-electron chi connectivity index (χ0n) is 21.4. The van der Waals surface area contributed by atoms with Gasteiger partial charge in [-0.2, -0.15) is 13.2 Å². The lowest BCUT2D eigenvalue weighted by molar-refractivity contribution is -0.261. The first kappa shape index (κ1) is 29.6. The summed E-state index contributed by atoms with van der Waals surface area (Å²) in [6.45, 7) is 0.507. The van der Waals surface area contributed by atoms with Gasteiger partial charge in [0.05, 0.1) is 5.56 Å². The molecule has 1 fully saturated rings. The van der Waals surface area contributed by atoms with Gasteiger partial charge in [-0.15, -0.1) is 0 Å². The van der Waals surface area contributed by atoms with Gasteiger partial charge in [0.2, 0.25) is 0 Å². The Morgan fingerprint density at radius 3 is 2.21 bits per heavy atom. The number of carbonyl (C=O) groups is 2. The Morgan fingerprint density at radius 2 is 1.68 bits per heavy atom. The van der Waals surface area contributed by atoms with Gasteiger partial charge < -0.3 is 19.8 Å². The molecule has 3 rings (SSSR count). The van der Waals surface area contributed by atoms with Crippen LogP contribution in [0.15, 0.2) is 42.5 Å². The van der Waals surface area contributed by atoms with E-state index in [0.717, 1.165) is 24.1 Å². The van der Waals surface area contributed by atoms with Gasteiger partial charge in [-0.05, 0) is 37.8 Å². The van der Waals surface area contributed by atoms with Crippen LogP contribution in [0.2, 0.25) is 5.15 Å². The molecule has 1 aromatic heterocycles. The average molecular weight is 559 g/mol. The predicted octanol–water partition coefficient (Wildman–Crippen LogP) is 4.43. The summed E-state index contributed by atoms with van der Waals surface area (Å²) in [4.78, 5) is 33.2. The molecule has 12 heteroatoms. The minimum Gasteiger partial charge on any atom is -0.369 e. The number of anilines is 1. The van der Waals surface area contributed by atoms with E-state index < -0.39 is 28.9 Å². The van der Waals surface area contributed by atoms with E-state index in [1.54, 1.807) is 26.2 Å². The van der Waals surface area contributed by atoms with Gasteiger partial charge in [0, 0.05) is 46.3 Å². The molecule has 2 amide bonds. The van der Waals surface area contributed by atoms with Crippen LogP contribution in [0, 0.1) is 0 Å². The second-order valence-corrected chi connectivity index (χ2v) is 10.1. The largest absolute Gasteiger partial charge is 0.430 e. The lowest BCUT2D eigenvalue weighted by atomic mass is 9.88. The Balaban J connectivity index is 1.57. The number of amides is 2. The topological polar surface area (TPSA) is 77.0 Å². The van der Waals surface area contributed by atoms with Crippen molar-refractivity contribution in [1.82, 2.24) is 14.8 Å². The van der Waals surface area contributed by atoms with Crippen LogP contribution < -0.4 is 4.90 Å². The van der Waals surface area contributed by atoms with Gasteiger partial charge in [0.15, 0.2) is 0 Å². The van der Waals surface area contributed by atoms with Gasteiger partial charge in [-0.25, -0.2) is 9.37 Å². The summed E-state index contributed by atoms with van der Waals surface area (Å²) in [5.74, 6) is -1.28. The standard InChI is InChI=1S/C26H31ClF4N4O3/c1-33(2)22(36)19-10-11-20(32-21(19)27)35-16-13-24(28,14-17-35)12-7-15-34(3)23(37)25(38,26(29,30)31)18-8-5-4-6-9-18/h4-6,8-11,38H,7,12-17H2,1-3H3. The number of halogens is 5. The predicted molar refractivity (Wildman–Crippen MR) is 136 cm³/mol. The quantitative estimate of drug-likeness (QED) is 0.383. The average Bonchev–Trinajstić information content (AvgIpc) is 2.87. The summed E-state index contributed by atoms with van der Waals surface area (Å²) in [6.07, 6.45) is -4.77. The first-order chi connectivity index (χ1) is 17.7. The number of hydrogen-bond donors (Lipinski definition) is 1. The highest BCUT2D eigenvalue weighted by molar-refractivity contribution is 6.32. The molecule has 1 saturated heterocycles. The summed E-state index contributed by atoms with van der Waals surface area (Å²) in [7, 11) is 4.37. The molecule has 0 saturated carbocycles. The smallest absolute Gasteiger partial charge is 0.369 e. The van der Waals surface area contributed by atoms with E-state index in [0.29, 0.717) is 18.9 Å². The van der Waals surface area contributed by atoms with E-state index in [1.807, 2.05) is 4.90 Å². The van der Waals surface area contributed by atoms with Crippen molar-refractivity contribution in [2.24, 2.45) is 0 Å². The van der Waals surface area contributed by atoms with Crippen LogP contribution in [0.1, 0.15) is 41.6 Å². The number of aromatic nitrogens is 1. The molecule has 0 spiro atoms. The molecule has 1 aliphatic heterocycles. The van der Waals surface area contributed by atoms with Crippen molar-refractivity contribution < 1.29 is 32.3 Å². The first-order valence-electron chi connectivity index (χ1n) is 12.1. The molecule has 38 heavy (non-hydrogen) atoms. The van der Waals surface area contributed by atoms with Crippen LogP contribution in [-0.2, 0) is 10.4 Å². The van der Waals surface area contributed by atoms with E-state index in [4.69, 9.17) is 11.6 Å². The minimum absolute atomic E-state index is 0.0404. The zero-order valence-corrected chi connectivity index (χ0v) is 22.2. The molecule has 2 heterocycles. The van der Waals surface area contributed by atoms with Crippen LogP contribution in [0.25, 0.3) is 0 Å². The van der Waals surface area contributed by atoms with Gasteiger partial charge >= 0.3 is 6.18 Å². The number of pyridine rings is 1. The lowest BCUT2D eigenvalue weighted by Crippen LogP contribution is -2.55. The SMILES string of the molecule is CN(C)C(=O)c1ccc(N2CCC(F)(CCCN(C)C(=O)C(O)(c3ccccc3)C(F)(F)F)CC2)nc1Cl. The number of piperidine rings is 1. The molecule has 1 N–H and O–H groups in total. The molecular formula is C26H31ClF4N4O3. The number of rotatable bonds is 8. The van der Waals surface area contributed by atoms with Gasteiger partial charge in [0.1, 0.15) is 16.6 Å². The summed E-state index contributed by atoms with van der Waals surface area (Å²) in [5.41, 5.74) is -5.57. The number of benzene rings is 1. The normalized spacial score (nSPS) is 17.0. The first-order valence-corrected chi connectivity index (χ1v) is 12.5. The Morgan fingerprint density at radius 1 is 1.08 bits per heavy atom. The molecular weight excluding hydrogens is 528 g/mol. The highest BCUT2D eigenvalue weighted by Crippen LogP contribution is 2.40. The molecule has 7 nitrogen and oxygen atoms in total. The molecule has 208 valence electrons. The van der Waals surface area contributed by atoms with E-state index in [9.17, 15) is 27.9 Å². The summed E-state index contributed by atoms with van der Waals surface area (Å²) >= 11 is 6.19. The molecule has 0 radical (unpaired) electrons. The van der Waals surface area contributed by atoms with Crippen LogP contribution in [-0.4, -0.2) is 84.3 Å². The van der Waals surface area contributed by atoms with Crippen molar-refractivity contribution in [2.75, 3.05) is 45.7 Å². The number of alkyl halides is 4. The van der Waals surface area contributed by atoms with Crippen molar-refractivity contribution in [3.63, 3.8) is 0 Å². The van der Waals surface area contributed by atoms with Crippen LogP contribution in [0.4, 0.5) is 23.4 Å². The van der Waals surface area contributed by atoms with Crippen molar-refractivity contribution in [1.29, 1.82) is 0 Å². The lowest BCUT2D eigenvalue weighted by Gasteiger charge is -2.38. The summed E-state index contributed by atoms with van der Waals surface area (Å²) in [5, 5.41) is 10.5. The third kappa shape index (κ3) is 6.20.